The summed E-state index contributed by atoms with van der Waals surface area (Å²) in [7, 11) is -13.2. The quantitative estimate of drug-likeness (QED) is 0.177. The molecule has 0 amide bonds. The maximum Gasteiger partial charge on any atom is 1.00 e. The van der Waals surface area contributed by atoms with Crippen LogP contribution in [0.5, 0.6) is 0 Å². The zero-order chi connectivity index (χ0) is 23.4. The van der Waals surface area contributed by atoms with Crippen molar-refractivity contribution in [1.29, 1.82) is 0 Å². The summed E-state index contributed by atoms with van der Waals surface area (Å²) in [5.41, 5.74) is -0.208. The Morgan fingerprint density at radius 1 is 0.636 bits per heavy atom. The molecular weight excluding hydrogens is 492 g/mol. The minimum atomic E-state index is -4.50. The summed E-state index contributed by atoms with van der Waals surface area (Å²) < 4.78 is 118. The number of benzene rings is 2. The van der Waals surface area contributed by atoms with Gasteiger partial charge in [-0.3, -0.25) is 0 Å². The molecule has 0 spiro atoms. The van der Waals surface area contributed by atoms with Crippen molar-refractivity contribution in [2.24, 2.45) is 0 Å². The van der Waals surface area contributed by atoms with Gasteiger partial charge < -0.3 is 9.11 Å². The summed E-state index contributed by atoms with van der Waals surface area (Å²) in [6.07, 6.45) is -0.769. The van der Waals surface area contributed by atoms with Gasteiger partial charge in [0.05, 0.1) is 30.0 Å². The summed E-state index contributed by atoms with van der Waals surface area (Å²) in [6.45, 7) is 0. The molecule has 0 fully saturated rings. The monoisotopic (exact) mass is 510 g/mol. The molecule has 2 aromatic carbocycles. The molecule has 0 aliphatic rings. The Labute approximate surface area is 215 Å². The predicted molar refractivity (Wildman–Crippen MR) is 104 cm³/mol. The van der Waals surface area contributed by atoms with E-state index in [-0.39, 0.29) is 84.3 Å². The summed E-state index contributed by atoms with van der Waals surface area (Å²) >= 11 is 0. The number of halogens is 2. The molecule has 0 aromatic heterocycles. The Hall–Kier alpha value is -0.735. The average molecular weight is 510 g/mol. The first-order valence-electron chi connectivity index (χ1n) is 8.88. The Morgan fingerprint density at radius 2 is 0.970 bits per heavy atom. The first-order chi connectivity index (χ1) is 14.2. The van der Waals surface area contributed by atoms with E-state index < -0.39 is 53.2 Å². The van der Waals surface area contributed by atoms with Crippen molar-refractivity contribution in [2.75, 3.05) is 11.5 Å². The molecule has 8 nitrogen and oxygen atoms in total. The Bertz CT molecular complexity index is 1190. The summed E-state index contributed by atoms with van der Waals surface area (Å²) in [5, 5.41) is 0. The van der Waals surface area contributed by atoms with E-state index in [4.69, 9.17) is 0 Å². The molecule has 2 rings (SSSR count). The third-order valence-electron chi connectivity index (χ3n) is 4.34. The number of hydrogen-bond donors (Lipinski definition) is 0. The van der Waals surface area contributed by atoms with E-state index in [9.17, 15) is 43.1 Å². The van der Waals surface area contributed by atoms with Crippen LogP contribution in [-0.2, 0) is 42.9 Å². The van der Waals surface area contributed by atoms with Gasteiger partial charge in [-0.15, -0.1) is 0 Å². The largest absolute Gasteiger partial charge is 1.00 e. The van der Waals surface area contributed by atoms with Crippen molar-refractivity contribution in [3.05, 3.63) is 59.2 Å². The van der Waals surface area contributed by atoms with Gasteiger partial charge in [-0.25, -0.2) is 34.0 Å². The van der Waals surface area contributed by atoms with Crippen LogP contribution in [0.25, 0.3) is 0 Å². The number of sulfone groups is 1. The fourth-order valence-electron chi connectivity index (χ4n) is 2.83. The topological polar surface area (TPSA) is 149 Å². The van der Waals surface area contributed by atoms with Gasteiger partial charge in [-0.2, -0.15) is 0 Å². The molecule has 0 bridgehead atoms. The molecule has 33 heavy (non-hydrogen) atoms. The third-order valence-corrected chi connectivity index (χ3v) is 7.66. The Morgan fingerprint density at radius 3 is 1.27 bits per heavy atom. The van der Waals surface area contributed by atoms with Crippen molar-refractivity contribution in [3.63, 3.8) is 0 Å². The van der Waals surface area contributed by atoms with Gasteiger partial charge in [0.15, 0.2) is 0 Å². The van der Waals surface area contributed by atoms with Crippen LogP contribution < -0.4 is 37.7 Å². The summed E-state index contributed by atoms with van der Waals surface area (Å²) in [4.78, 5) is -0.651. The van der Waals surface area contributed by atoms with Crippen LogP contribution in [0.1, 0.15) is 24.0 Å². The van der Waals surface area contributed by atoms with Crippen LogP contribution in [0, 0.1) is 11.6 Å². The molecule has 0 heterocycles. The Kier molecular flexibility index (Phi) is 12.5. The summed E-state index contributed by atoms with van der Waals surface area (Å²) in [6, 6.07) is 5.77. The van der Waals surface area contributed by atoms with E-state index in [1.165, 1.54) is 0 Å². The van der Waals surface area contributed by atoms with Gasteiger partial charge in [0, 0.05) is 11.5 Å². The van der Waals surface area contributed by atoms with Crippen LogP contribution in [0.15, 0.2) is 46.2 Å². The second-order valence-electron chi connectivity index (χ2n) is 6.74. The molecule has 0 saturated carbocycles. The smallest absolute Gasteiger partial charge is 0.748 e. The first-order valence-corrected chi connectivity index (χ1v) is 13.5. The van der Waals surface area contributed by atoms with E-state index in [2.05, 4.69) is 0 Å². The fraction of sp³-hybridized carbons (Fsp3) is 0.333. The van der Waals surface area contributed by atoms with Crippen LogP contribution in [0.3, 0.4) is 0 Å². The normalized spacial score (nSPS) is 12.0. The van der Waals surface area contributed by atoms with Gasteiger partial charge in [-0.05, 0) is 73.2 Å². The maximum atomic E-state index is 14.0. The van der Waals surface area contributed by atoms with Crippen molar-refractivity contribution < 1.29 is 80.9 Å². The number of hydrogen-bond acceptors (Lipinski definition) is 8. The predicted octanol–water partition coefficient (Wildman–Crippen LogP) is -4.24. The minimum Gasteiger partial charge on any atom is -0.748 e. The second kappa shape index (κ2) is 12.8. The van der Waals surface area contributed by atoms with Gasteiger partial charge >= 0.3 is 37.7 Å². The van der Waals surface area contributed by atoms with Crippen molar-refractivity contribution >= 4 is 30.1 Å². The second-order valence-corrected chi connectivity index (χ2v) is 11.7. The molecule has 0 aliphatic heterocycles. The van der Waals surface area contributed by atoms with Crippen LogP contribution >= 0.6 is 0 Å². The zero-order valence-corrected chi connectivity index (χ0v) is 20.4. The van der Waals surface area contributed by atoms with E-state index in [0.717, 1.165) is 36.4 Å². The van der Waals surface area contributed by atoms with Crippen molar-refractivity contribution in [2.45, 2.75) is 35.5 Å². The minimum absolute atomic E-state index is 0. The molecule has 0 radical (unpaired) electrons. The molecule has 0 N–H and O–H groups in total. The van der Waals surface area contributed by atoms with Gasteiger partial charge in [0.1, 0.15) is 11.6 Å². The molecule has 0 atom stereocenters. The van der Waals surface area contributed by atoms with Crippen molar-refractivity contribution in [3.8, 4) is 0 Å². The van der Waals surface area contributed by atoms with Gasteiger partial charge in [-0.1, -0.05) is 0 Å². The van der Waals surface area contributed by atoms with Crippen LogP contribution in [-0.4, -0.2) is 45.9 Å². The third kappa shape index (κ3) is 10.2. The van der Waals surface area contributed by atoms with Crippen LogP contribution in [0.4, 0.5) is 8.78 Å². The van der Waals surface area contributed by atoms with E-state index >= 15 is 0 Å². The Balaban J connectivity index is 0.00000512. The van der Waals surface area contributed by atoms with Crippen molar-refractivity contribution in [1.82, 2.24) is 0 Å². The standard InChI is InChI=1S/C18H20F2O8S3.2Li/c19-17-7-5-15(11-13(17)3-1-9-29(21,22)23)31(27,28)16-6-8-18(20)14(12-16)4-2-10-30(24,25)26;;/h5-8,11-12H,1-4,9-10H2,(H,21,22,23)(H,24,25,26);;/q;2*+1/p-2. The maximum absolute atomic E-state index is 14.0. The van der Waals surface area contributed by atoms with Gasteiger partial charge in [0.25, 0.3) is 0 Å². The first kappa shape index (κ1) is 32.3. The molecule has 0 unspecified atom stereocenters. The van der Waals surface area contributed by atoms with E-state index in [1.807, 2.05) is 0 Å². The number of rotatable bonds is 10. The fourth-order valence-corrected chi connectivity index (χ4v) is 5.19. The molecule has 2 aromatic rings. The summed E-state index contributed by atoms with van der Waals surface area (Å²) in [5.74, 6) is -3.02. The van der Waals surface area contributed by atoms with Gasteiger partial charge in [0.2, 0.25) is 9.84 Å². The average Bonchev–Trinajstić information content (AvgIpc) is 2.62. The molecular formula is C18H18F2Li2O8S3. The zero-order valence-electron chi connectivity index (χ0n) is 18.0. The van der Waals surface area contributed by atoms with Crippen LogP contribution in [0.2, 0.25) is 0 Å². The molecule has 172 valence electrons. The molecule has 0 aliphatic carbocycles. The SMILES string of the molecule is O=S(=O)([O-])CCCc1cc(S(=O)(=O)c2ccc(F)c(CCCS(=O)(=O)[O-])c2)ccc1F.[Li+].[Li+]. The molecule has 0 saturated heterocycles. The number of aryl methyl sites for hydroxylation is 2. The van der Waals surface area contributed by atoms with E-state index in [0.29, 0.717) is 0 Å². The van der Waals surface area contributed by atoms with E-state index in [1.54, 1.807) is 0 Å². The molecule has 15 heteroatoms.